The molecule has 2 aromatic rings. The highest BCUT2D eigenvalue weighted by atomic mass is 19.4. The first kappa shape index (κ1) is 16.5. The van der Waals surface area contributed by atoms with Crippen LogP contribution in [0.25, 0.3) is 0 Å². The van der Waals surface area contributed by atoms with Crippen LogP contribution in [0.5, 0.6) is 0 Å². The van der Waals surface area contributed by atoms with Crippen molar-refractivity contribution in [3.63, 3.8) is 0 Å². The van der Waals surface area contributed by atoms with E-state index in [2.05, 4.69) is 15.8 Å². The molecule has 0 radical (unpaired) electrons. The molecule has 1 aromatic carbocycles. The lowest BCUT2D eigenvalue weighted by molar-refractivity contribution is -0.137. The molecule has 0 atom stereocenters. The first-order valence-corrected chi connectivity index (χ1v) is 6.51. The van der Waals surface area contributed by atoms with E-state index in [1.807, 2.05) is 0 Å². The fraction of sp³-hybridized carbons (Fsp3) is 0.133. The summed E-state index contributed by atoms with van der Waals surface area (Å²) in [5, 5.41) is 0. The number of carbonyl (C=O) groups is 2. The fourth-order valence-electron chi connectivity index (χ4n) is 1.78. The summed E-state index contributed by atoms with van der Waals surface area (Å²) in [7, 11) is 0. The highest BCUT2D eigenvalue weighted by molar-refractivity contribution is 5.95. The van der Waals surface area contributed by atoms with E-state index >= 15 is 0 Å². The molecule has 0 saturated heterocycles. The largest absolute Gasteiger partial charge is 0.416 e. The molecule has 5 nitrogen and oxygen atoms in total. The molecule has 0 spiro atoms. The van der Waals surface area contributed by atoms with Gasteiger partial charge in [0, 0.05) is 12.4 Å². The molecule has 0 bridgehead atoms. The Labute approximate surface area is 129 Å². The van der Waals surface area contributed by atoms with Crippen LogP contribution in [0, 0.1) is 0 Å². The van der Waals surface area contributed by atoms with Crippen molar-refractivity contribution in [1.82, 2.24) is 15.8 Å². The molecule has 1 aromatic heterocycles. The molecule has 0 saturated carbocycles. The van der Waals surface area contributed by atoms with Gasteiger partial charge < -0.3 is 0 Å². The summed E-state index contributed by atoms with van der Waals surface area (Å²) in [5.41, 5.74) is 3.90. The van der Waals surface area contributed by atoms with Crippen LogP contribution in [0.4, 0.5) is 13.2 Å². The highest BCUT2D eigenvalue weighted by Crippen LogP contribution is 2.29. The number of halogens is 3. The van der Waals surface area contributed by atoms with Gasteiger partial charge in [-0.1, -0.05) is 18.2 Å². The molecule has 0 fully saturated rings. The second-order valence-corrected chi connectivity index (χ2v) is 4.62. The van der Waals surface area contributed by atoms with Crippen molar-refractivity contribution in [3.8, 4) is 0 Å². The molecule has 2 rings (SSSR count). The number of amides is 2. The molecule has 0 unspecified atom stereocenters. The Hall–Kier alpha value is -2.90. The Morgan fingerprint density at radius 3 is 2.52 bits per heavy atom. The van der Waals surface area contributed by atoms with E-state index in [-0.39, 0.29) is 17.5 Å². The van der Waals surface area contributed by atoms with Gasteiger partial charge >= 0.3 is 6.18 Å². The van der Waals surface area contributed by atoms with Gasteiger partial charge in [0.05, 0.1) is 17.5 Å². The van der Waals surface area contributed by atoms with Crippen molar-refractivity contribution in [2.75, 3.05) is 0 Å². The number of hydrogen-bond acceptors (Lipinski definition) is 3. The van der Waals surface area contributed by atoms with E-state index < -0.39 is 23.6 Å². The number of hydrogen-bond donors (Lipinski definition) is 2. The van der Waals surface area contributed by atoms with Crippen molar-refractivity contribution >= 4 is 11.8 Å². The maximum atomic E-state index is 12.6. The summed E-state index contributed by atoms with van der Waals surface area (Å²) in [6, 6.07) is 7.49. The number of hydrazine groups is 1. The zero-order valence-corrected chi connectivity index (χ0v) is 11.7. The van der Waals surface area contributed by atoms with Crippen molar-refractivity contribution in [2.45, 2.75) is 12.6 Å². The van der Waals surface area contributed by atoms with Crippen LogP contribution in [0.1, 0.15) is 21.5 Å². The second kappa shape index (κ2) is 6.91. The smallest absolute Gasteiger partial charge is 0.273 e. The zero-order valence-electron chi connectivity index (χ0n) is 11.7. The lowest BCUT2D eigenvalue weighted by atomic mass is 10.1. The topological polar surface area (TPSA) is 71.1 Å². The summed E-state index contributed by atoms with van der Waals surface area (Å²) in [6.07, 6.45) is -1.96. The van der Waals surface area contributed by atoms with Gasteiger partial charge in [0.1, 0.15) is 0 Å². The summed E-state index contributed by atoms with van der Waals surface area (Å²) in [6.45, 7) is 0. The van der Waals surface area contributed by atoms with E-state index in [0.717, 1.165) is 12.1 Å². The Balaban J connectivity index is 1.92. The third-order valence-corrected chi connectivity index (χ3v) is 2.86. The van der Waals surface area contributed by atoms with Gasteiger partial charge in [-0.05, 0) is 23.8 Å². The van der Waals surface area contributed by atoms with Crippen molar-refractivity contribution in [2.24, 2.45) is 0 Å². The molecular formula is C15H12F3N3O2. The van der Waals surface area contributed by atoms with Crippen LogP contribution in [0.2, 0.25) is 0 Å². The normalized spacial score (nSPS) is 10.9. The number of aromatic nitrogens is 1. The minimum atomic E-state index is -4.47. The predicted octanol–water partition coefficient (Wildman–Crippen LogP) is 2.10. The molecule has 0 aliphatic rings. The minimum absolute atomic E-state index is 0.188. The lowest BCUT2D eigenvalue weighted by Gasteiger charge is -2.09. The minimum Gasteiger partial charge on any atom is -0.273 e. The van der Waals surface area contributed by atoms with Crippen molar-refractivity contribution < 1.29 is 22.8 Å². The van der Waals surface area contributed by atoms with Gasteiger partial charge in [0.15, 0.2) is 0 Å². The molecular weight excluding hydrogens is 311 g/mol. The van der Waals surface area contributed by atoms with Gasteiger partial charge in [0.25, 0.3) is 5.91 Å². The fourth-order valence-corrected chi connectivity index (χ4v) is 1.78. The molecule has 8 heteroatoms. The van der Waals surface area contributed by atoms with Crippen LogP contribution in [0.15, 0.2) is 48.8 Å². The molecule has 2 N–H and O–H groups in total. The number of benzene rings is 1. The van der Waals surface area contributed by atoms with Gasteiger partial charge in [0.2, 0.25) is 5.91 Å². The molecule has 23 heavy (non-hydrogen) atoms. The number of carbonyl (C=O) groups excluding carboxylic acids is 2. The Morgan fingerprint density at radius 2 is 1.87 bits per heavy atom. The summed E-state index contributed by atoms with van der Waals surface area (Å²) in [5.74, 6) is -1.21. The summed E-state index contributed by atoms with van der Waals surface area (Å²) >= 11 is 0. The monoisotopic (exact) mass is 323 g/mol. The molecule has 2 amide bonds. The second-order valence-electron chi connectivity index (χ2n) is 4.62. The number of nitrogens with one attached hydrogen (secondary N) is 2. The zero-order chi connectivity index (χ0) is 16.9. The van der Waals surface area contributed by atoms with Gasteiger partial charge in [-0.3, -0.25) is 25.4 Å². The first-order valence-electron chi connectivity index (χ1n) is 6.51. The maximum Gasteiger partial charge on any atom is 0.416 e. The number of alkyl halides is 3. The molecule has 0 aliphatic carbocycles. The Kier molecular flexibility index (Phi) is 4.95. The van der Waals surface area contributed by atoms with Gasteiger partial charge in [-0.25, -0.2) is 0 Å². The van der Waals surface area contributed by atoms with Gasteiger partial charge in [-0.15, -0.1) is 0 Å². The summed E-state index contributed by atoms with van der Waals surface area (Å²) in [4.78, 5) is 27.1. The summed E-state index contributed by atoms with van der Waals surface area (Å²) < 4.78 is 37.8. The van der Waals surface area contributed by atoms with Crippen LogP contribution in [0.3, 0.4) is 0 Å². The molecule has 0 aliphatic heterocycles. The predicted molar refractivity (Wildman–Crippen MR) is 75.0 cm³/mol. The van der Waals surface area contributed by atoms with Gasteiger partial charge in [-0.2, -0.15) is 13.2 Å². The third kappa shape index (κ3) is 4.80. The number of pyridine rings is 1. The Morgan fingerprint density at radius 1 is 1.09 bits per heavy atom. The molecule has 120 valence electrons. The van der Waals surface area contributed by atoms with E-state index in [4.69, 9.17) is 0 Å². The first-order chi connectivity index (χ1) is 10.9. The van der Waals surface area contributed by atoms with E-state index in [9.17, 15) is 22.8 Å². The number of rotatable bonds is 3. The molecule has 1 heterocycles. The van der Waals surface area contributed by atoms with E-state index in [0.29, 0.717) is 0 Å². The average molecular weight is 323 g/mol. The van der Waals surface area contributed by atoms with E-state index in [1.165, 1.54) is 30.6 Å². The van der Waals surface area contributed by atoms with Crippen LogP contribution in [-0.4, -0.2) is 16.8 Å². The SMILES string of the molecule is O=C(Cc1cccc(C(F)(F)F)c1)NNC(=O)c1cccnc1. The van der Waals surface area contributed by atoms with Crippen LogP contribution >= 0.6 is 0 Å². The van der Waals surface area contributed by atoms with Crippen molar-refractivity contribution in [1.29, 1.82) is 0 Å². The highest BCUT2D eigenvalue weighted by Gasteiger charge is 2.30. The number of nitrogens with zero attached hydrogens (tertiary/aromatic N) is 1. The van der Waals surface area contributed by atoms with E-state index in [1.54, 1.807) is 6.07 Å². The van der Waals surface area contributed by atoms with Crippen molar-refractivity contribution in [3.05, 3.63) is 65.5 Å². The van der Waals surface area contributed by atoms with Crippen LogP contribution < -0.4 is 10.9 Å². The standard InChI is InChI=1S/C15H12F3N3O2/c16-15(17,18)12-5-1-3-10(7-12)8-13(22)20-21-14(23)11-4-2-6-19-9-11/h1-7,9H,8H2,(H,20,22)(H,21,23). The lowest BCUT2D eigenvalue weighted by Crippen LogP contribution is -2.42. The third-order valence-electron chi connectivity index (χ3n) is 2.86. The quantitative estimate of drug-likeness (QED) is 0.850. The maximum absolute atomic E-state index is 12.6. The average Bonchev–Trinajstić information content (AvgIpc) is 2.53. The Bertz CT molecular complexity index is 703. The van der Waals surface area contributed by atoms with Crippen LogP contribution in [-0.2, 0) is 17.4 Å².